The first-order valence-corrected chi connectivity index (χ1v) is 6.72. The van der Waals surface area contributed by atoms with E-state index in [0.29, 0.717) is 11.0 Å². The average Bonchev–Trinajstić information content (AvgIpc) is 2.41. The van der Waals surface area contributed by atoms with E-state index in [1.807, 2.05) is 31.2 Å². The van der Waals surface area contributed by atoms with Crippen molar-refractivity contribution in [1.82, 2.24) is 0 Å². The third-order valence-corrected chi connectivity index (χ3v) is 3.49. The molecule has 2 aromatic rings. The highest BCUT2D eigenvalue weighted by molar-refractivity contribution is 9.10. The Kier molecular flexibility index (Phi) is 4.43. The minimum atomic E-state index is -0.265. The van der Waals surface area contributed by atoms with Crippen molar-refractivity contribution in [3.63, 3.8) is 0 Å². The van der Waals surface area contributed by atoms with Gasteiger partial charge in [0, 0.05) is 12.2 Å². The standard InChI is InChI=1S/C15H15BrFNO/c1-10-6-13(16)14(17)8-15(10)18-9-11-4-3-5-12(7-11)19-2/h3-8,18H,9H2,1-2H3. The van der Waals surface area contributed by atoms with E-state index in [1.165, 1.54) is 6.07 Å². The van der Waals surface area contributed by atoms with Crippen molar-refractivity contribution in [1.29, 1.82) is 0 Å². The van der Waals surface area contributed by atoms with E-state index in [-0.39, 0.29) is 5.82 Å². The quantitative estimate of drug-likeness (QED) is 0.893. The molecule has 0 aliphatic carbocycles. The molecule has 4 heteroatoms. The van der Waals surface area contributed by atoms with Crippen molar-refractivity contribution in [2.45, 2.75) is 13.5 Å². The van der Waals surface area contributed by atoms with Crippen LogP contribution >= 0.6 is 15.9 Å². The fourth-order valence-corrected chi connectivity index (χ4v) is 2.27. The molecule has 0 atom stereocenters. The Morgan fingerprint density at radius 2 is 2.05 bits per heavy atom. The number of ether oxygens (including phenoxy) is 1. The zero-order valence-corrected chi connectivity index (χ0v) is 12.4. The van der Waals surface area contributed by atoms with E-state index in [9.17, 15) is 4.39 Å². The first-order chi connectivity index (χ1) is 9.10. The molecule has 2 rings (SSSR count). The first kappa shape index (κ1) is 13.9. The van der Waals surface area contributed by atoms with Crippen LogP contribution in [0.4, 0.5) is 10.1 Å². The van der Waals surface area contributed by atoms with Crippen LogP contribution in [0.1, 0.15) is 11.1 Å². The molecule has 0 aliphatic heterocycles. The molecule has 0 saturated heterocycles. The van der Waals surface area contributed by atoms with Crippen LogP contribution in [-0.4, -0.2) is 7.11 Å². The minimum absolute atomic E-state index is 0.265. The van der Waals surface area contributed by atoms with Gasteiger partial charge in [-0.25, -0.2) is 4.39 Å². The molecule has 0 aliphatic rings. The van der Waals surface area contributed by atoms with Gasteiger partial charge in [-0.2, -0.15) is 0 Å². The van der Waals surface area contributed by atoms with Crippen LogP contribution in [0.5, 0.6) is 5.75 Å². The minimum Gasteiger partial charge on any atom is -0.497 e. The number of halogens is 2. The summed E-state index contributed by atoms with van der Waals surface area (Å²) in [7, 11) is 1.64. The SMILES string of the molecule is COc1cccc(CNc2cc(F)c(Br)cc2C)c1. The average molecular weight is 324 g/mol. The molecule has 1 N–H and O–H groups in total. The summed E-state index contributed by atoms with van der Waals surface area (Å²) in [4.78, 5) is 0. The number of aryl methyl sites for hydroxylation is 1. The smallest absolute Gasteiger partial charge is 0.139 e. The van der Waals surface area contributed by atoms with Crippen molar-refractivity contribution >= 4 is 21.6 Å². The van der Waals surface area contributed by atoms with Gasteiger partial charge in [0.05, 0.1) is 11.6 Å². The molecule has 0 bridgehead atoms. The number of hydrogen-bond donors (Lipinski definition) is 1. The van der Waals surface area contributed by atoms with E-state index in [1.54, 1.807) is 13.2 Å². The Morgan fingerprint density at radius 3 is 2.79 bits per heavy atom. The van der Waals surface area contributed by atoms with Crippen LogP contribution in [-0.2, 0) is 6.54 Å². The summed E-state index contributed by atoms with van der Waals surface area (Å²) < 4.78 is 19.2. The topological polar surface area (TPSA) is 21.3 Å². The number of rotatable bonds is 4. The summed E-state index contributed by atoms with van der Waals surface area (Å²) in [6.07, 6.45) is 0. The molecule has 100 valence electrons. The molecule has 0 aromatic heterocycles. The van der Waals surface area contributed by atoms with Crippen LogP contribution in [0, 0.1) is 12.7 Å². The summed E-state index contributed by atoms with van der Waals surface area (Å²) in [5.74, 6) is 0.553. The summed E-state index contributed by atoms with van der Waals surface area (Å²) in [5, 5.41) is 3.23. The van der Waals surface area contributed by atoms with E-state index >= 15 is 0 Å². The molecule has 0 heterocycles. The first-order valence-electron chi connectivity index (χ1n) is 5.92. The van der Waals surface area contributed by atoms with Gasteiger partial charge in [0.15, 0.2) is 0 Å². The number of nitrogens with one attached hydrogen (secondary N) is 1. The Morgan fingerprint density at radius 1 is 1.26 bits per heavy atom. The fourth-order valence-electron chi connectivity index (χ4n) is 1.82. The number of hydrogen-bond acceptors (Lipinski definition) is 2. The van der Waals surface area contributed by atoms with E-state index in [2.05, 4.69) is 21.2 Å². The second-order valence-electron chi connectivity index (χ2n) is 4.29. The molecule has 0 radical (unpaired) electrons. The Bertz CT molecular complexity index is 586. The summed E-state index contributed by atoms with van der Waals surface area (Å²) >= 11 is 3.18. The molecule has 19 heavy (non-hydrogen) atoms. The van der Waals surface area contributed by atoms with Crippen LogP contribution in [0.3, 0.4) is 0 Å². The molecule has 2 aromatic carbocycles. The number of anilines is 1. The third kappa shape index (κ3) is 3.47. The summed E-state index contributed by atoms with van der Waals surface area (Å²) in [5.41, 5.74) is 2.88. The lowest BCUT2D eigenvalue weighted by molar-refractivity contribution is 0.414. The molecule has 0 amide bonds. The molecule has 0 fully saturated rings. The van der Waals surface area contributed by atoms with Crippen molar-refractivity contribution in [3.8, 4) is 5.75 Å². The largest absolute Gasteiger partial charge is 0.497 e. The second-order valence-corrected chi connectivity index (χ2v) is 5.14. The van der Waals surface area contributed by atoms with E-state index in [4.69, 9.17) is 4.74 Å². The van der Waals surface area contributed by atoms with Gasteiger partial charge in [-0.05, 0) is 58.2 Å². The molecular weight excluding hydrogens is 309 g/mol. The van der Waals surface area contributed by atoms with Crippen LogP contribution in [0.25, 0.3) is 0 Å². The number of benzene rings is 2. The zero-order valence-electron chi connectivity index (χ0n) is 10.8. The van der Waals surface area contributed by atoms with Crippen molar-refractivity contribution in [2.24, 2.45) is 0 Å². The highest BCUT2D eigenvalue weighted by atomic mass is 79.9. The molecule has 0 spiro atoms. The normalized spacial score (nSPS) is 10.3. The Labute approximate surface area is 120 Å². The highest BCUT2D eigenvalue weighted by Gasteiger charge is 2.05. The lowest BCUT2D eigenvalue weighted by atomic mass is 10.1. The Hall–Kier alpha value is -1.55. The van der Waals surface area contributed by atoms with Gasteiger partial charge in [-0.1, -0.05) is 12.1 Å². The van der Waals surface area contributed by atoms with Crippen LogP contribution in [0.2, 0.25) is 0 Å². The van der Waals surface area contributed by atoms with Gasteiger partial charge < -0.3 is 10.1 Å². The van der Waals surface area contributed by atoms with Crippen molar-refractivity contribution in [2.75, 3.05) is 12.4 Å². The molecular formula is C15H15BrFNO. The zero-order chi connectivity index (χ0) is 13.8. The van der Waals surface area contributed by atoms with Gasteiger partial charge in [0.2, 0.25) is 0 Å². The van der Waals surface area contributed by atoms with Gasteiger partial charge >= 0.3 is 0 Å². The lowest BCUT2D eigenvalue weighted by Crippen LogP contribution is -2.02. The van der Waals surface area contributed by atoms with Gasteiger partial charge in [-0.15, -0.1) is 0 Å². The fraction of sp³-hybridized carbons (Fsp3) is 0.200. The second kappa shape index (κ2) is 6.06. The maximum Gasteiger partial charge on any atom is 0.139 e. The maximum atomic E-state index is 13.5. The monoisotopic (exact) mass is 323 g/mol. The highest BCUT2D eigenvalue weighted by Crippen LogP contribution is 2.24. The predicted octanol–water partition coefficient (Wildman–Crippen LogP) is 4.52. The van der Waals surface area contributed by atoms with E-state index in [0.717, 1.165) is 22.6 Å². The van der Waals surface area contributed by atoms with Crippen molar-refractivity contribution < 1.29 is 9.13 Å². The van der Waals surface area contributed by atoms with E-state index < -0.39 is 0 Å². The lowest BCUT2D eigenvalue weighted by Gasteiger charge is -2.11. The van der Waals surface area contributed by atoms with Gasteiger partial charge in [-0.3, -0.25) is 0 Å². The number of methoxy groups -OCH3 is 1. The van der Waals surface area contributed by atoms with Crippen LogP contribution in [0.15, 0.2) is 40.9 Å². The summed E-state index contributed by atoms with van der Waals surface area (Å²) in [6, 6.07) is 11.1. The Balaban J connectivity index is 2.12. The van der Waals surface area contributed by atoms with Crippen molar-refractivity contribution in [3.05, 3.63) is 57.8 Å². The third-order valence-electron chi connectivity index (χ3n) is 2.88. The van der Waals surface area contributed by atoms with Gasteiger partial charge in [0.25, 0.3) is 0 Å². The predicted molar refractivity (Wildman–Crippen MR) is 79.2 cm³/mol. The molecule has 0 unspecified atom stereocenters. The summed E-state index contributed by atoms with van der Waals surface area (Å²) in [6.45, 7) is 2.57. The van der Waals surface area contributed by atoms with Crippen LogP contribution < -0.4 is 10.1 Å². The van der Waals surface area contributed by atoms with Gasteiger partial charge in [0.1, 0.15) is 11.6 Å². The molecule has 2 nitrogen and oxygen atoms in total. The molecule has 0 saturated carbocycles. The maximum absolute atomic E-state index is 13.5.